The Hall–Kier alpha value is -2.73. The second kappa shape index (κ2) is 9.85. The van der Waals surface area contributed by atoms with Gasteiger partial charge in [-0.25, -0.2) is 0 Å². The highest BCUT2D eigenvalue weighted by Gasteiger charge is 2.18. The molecule has 30 heavy (non-hydrogen) atoms. The van der Waals surface area contributed by atoms with Crippen LogP contribution < -0.4 is 19.1 Å². The average Bonchev–Trinajstić information content (AvgIpc) is 2.79. The number of methoxy groups -OCH3 is 1. The first kappa shape index (κ1) is 20.5. The van der Waals surface area contributed by atoms with Crippen molar-refractivity contribution in [2.75, 3.05) is 57.9 Å². The lowest BCUT2D eigenvalue weighted by Gasteiger charge is -2.36. The van der Waals surface area contributed by atoms with E-state index in [4.69, 9.17) is 14.2 Å². The highest BCUT2D eigenvalue weighted by atomic mass is 16.5. The van der Waals surface area contributed by atoms with Gasteiger partial charge in [-0.15, -0.1) is 0 Å². The van der Waals surface area contributed by atoms with Crippen LogP contribution in [-0.4, -0.2) is 63.7 Å². The van der Waals surface area contributed by atoms with E-state index in [2.05, 4.69) is 21.9 Å². The molecule has 0 unspecified atom stereocenters. The summed E-state index contributed by atoms with van der Waals surface area (Å²) >= 11 is 0. The first-order valence-corrected chi connectivity index (χ1v) is 10.7. The summed E-state index contributed by atoms with van der Waals surface area (Å²) in [6, 6.07) is 14.1. The van der Waals surface area contributed by atoms with Crippen LogP contribution in [0.2, 0.25) is 0 Å². The van der Waals surface area contributed by atoms with Gasteiger partial charge in [0.25, 0.3) is 0 Å². The number of hydrogen-bond donors (Lipinski definition) is 0. The molecule has 0 aliphatic carbocycles. The Morgan fingerprint density at radius 2 is 1.87 bits per heavy atom. The normalized spacial score (nSPS) is 16.7. The largest absolute Gasteiger partial charge is 0.497 e. The van der Waals surface area contributed by atoms with E-state index in [-0.39, 0.29) is 12.4 Å². The van der Waals surface area contributed by atoms with Gasteiger partial charge in [0.05, 0.1) is 13.7 Å². The minimum atomic E-state index is 0.117. The minimum absolute atomic E-state index is 0.117. The SMILES string of the molecule is COc1cccc(N2CCN(CCCCOc3ccc4c(c3)CC(=O)CO4)CC2)c1. The zero-order valence-electron chi connectivity index (χ0n) is 17.6. The second-order valence-corrected chi connectivity index (χ2v) is 7.86. The molecular weight excluding hydrogens is 380 g/mol. The number of carbonyl (C=O) groups is 1. The Morgan fingerprint density at radius 1 is 1.00 bits per heavy atom. The number of hydrogen-bond acceptors (Lipinski definition) is 6. The summed E-state index contributed by atoms with van der Waals surface area (Å²) < 4.78 is 16.7. The number of unbranched alkanes of at least 4 members (excludes halogenated alkanes) is 1. The third-order valence-corrected chi connectivity index (χ3v) is 5.74. The fourth-order valence-electron chi connectivity index (χ4n) is 4.01. The van der Waals surface area contributed by atoms with Crippen molar-refractivity contribution in [2.45, 2.75) is 19.3 Å². The zero-order chi connectivity index (χ0) is 20.8. The molecule has 0 saturated carbocycles. The summed E-state index contributed by atoms with van der Waals surface area (Å²) in [5.74, 6) is 2.65. The van der Waals surface area contributed by atoms with Crippen molar-refractivity contribution in [3.05, 3.63) is 48.0 Å². The van der Waals surface area contributed by atoms with Gasteiger partial charge in [0.2, 0.25) is 0 Å². The van der Waals surface area contributed by atoms with E-state index in [9.17, 15) is 4.79 Å². The molecule has 0 bridgehead atoms. The number of piperazine rings is 1. The molecule has 4 rings (SSSR count). The van der Waals surface area contributed by atoms with Crippen molar-refractivity contribution in [3.63, 3.8) is 0 Å². The molecule has 2 aromatic rings. The maximum absolute atomic E-state index is 11.5. The summed E-state index contributed by atoms with van der Waals surface area (Å²) in [4.78, 5) is 16.5. The minimum Gasteiger partial charge on any atom is -0.497 e. The molecule has 0 atom stereocenters. The smallest absolute Gasteiger partial charge is 0.174 e. The number of Topliss-reactive ketones (excluding diaryl/α,β-unsaturated/α-hetero) is 1. The number of ketones is 1. The number of carbonyl (C=O) groups excluding carboxylic acids is 1. The molecule has 1 saturated heterocycles. The number of rotatable bonds is 8. The Kier molecular flexibility index (Phi) is 6.74. The van der Waals surface area contributed by atoms with E-state index in [1.807, 2.05) is 30.3 Å². The predicted molar refractivity (Wildman–Crippen MR) is 117 cm³/mol. The monoisotopic (exact) mass is 410 g/mol. The summed E-state index contributed by atoms with van der Waals surface area (Å²) in [6.45, 7) is 6.22. The zero-order valence-corrected chi connectivity index (χ0v) is 17.6. The van der Waals surface area contributed by atoms with Crippen LogP contribution in [0.4, 0.5) is 5.69 Å². The molecule has 0 N–H and O–H groups in total. The second-order valence-electron chi connectivity index (χ2n) is 7.86. The molecular formula is C24H30N2O4. The van der Waals surface area contributed by atoms with Crippen LogP contribution in [-0.2, 0) is 11.2 Å². The maximum atomic E-state index is 11.5. The predicted octanol–water partition coefficient (Wildman–Crippen LogP) is 3.18. The van der Waals surface area contributed by atoms with Crippen molar-refractivity contribution in [2.24, 2.45) is 0 Å². The molecule has 0 aromatic heterocycles. The van der Waals surface area contributed by atoms with Crippen LogP contribution in [0.25, 0.3) is 0 Å². The fraction of sp³-hybridized carbons (Fsp3) is 0.458. The molecule has 2 heterocycles. The van der Waals surface area contributed by atoms with Gasteiger partial charge in [0, 0.05) is 49.9 Å². The van der Waals surface area contributed by atoms with Crippen molar-refractivity contribution in [1.82, 2.24) is 4.90 Å². The summed E-state index contributed by atoms with van der Waals surface area (Å²) in [6.07, 6.45) is 2.57. The van der Waals surface area contributed by atoms with E-state index in [0.29, 0.717) is 13.0 Å². The van der Waals surface area contributed by atoms with Crippen molar-refractivity contribution in [3.8, 4) is 17.2 Å². The molecule has 0 amide bonds. The standard InChI is InChI=1S/C24H30N2O4/c1-28-22-6-4-5-20(17-22)26-12-10-25(11-13-26)9-2-3-14-29-23-7-8-24-19(16-23)15-21(27)18-30-24/h4-8,16-17H,2-3,9-15,18H2,1H3. The average molecular weight is 411 g/mol. The third-order valence-electron chi connectivity index (χ3n) is 5.74. The lowest BCUT2D eigenvalue weighted by Crippen LogP contribution is -2.46. The van der Waals surface area contributed by atoms with Crippen LogP contribution in [0.15, 0.2) is 42.5 Å². The molecule has 160 valence electrons. The molecule has 1 fully saturated rings. The van der Waals surface area contributed by atoms with E-state index in [0.717, 1.165) is 68.4 Å². The van der Waals surface area contributed by atoms with Gasteiger partial charge >= 0.3 is 0 Å². The number of fused-ring (bicyclic) bond motifs is 1. The molecule has 0 radical (unpaired) electrons. The number of ether oxygens (including phenoxy) is 3. The molecule has 6 nitrogen and oxygen atoms in total. The number of nitrogens with zero attached hydrogens (tertiary/aromatic N) is 2. The van der Waals surface area contributed by atoms with Gasteiger partial charge in [-0.05, 0) is 49.7 Å². The van der Waals surface area contributed by atoms with Gasteiger partial charge in [-0.3, -0.25) is 9.69 Å². The molecule has 2 aromatic carbocycles. The Balaban J connectivity index is 1.14. The lowest BCUT2D eigenvalue weighted by molar-refractivity contribution is -0.121. The maximum Gasteiger partial charge on any atom is 0.174 e. The van der Waals surface area contributed by atoms with Gasteiger partial charge in [-0.2, -0.15) is 0 Å². The van der Waals surface area contributed by atoms with E-state index in [1.54, 1.807) is 7.11 Å². The highest BCUT2D eigenvalue weighted by molar-refractivity contribution is 5.84. The number of benzene rings is 2. The van der Waals surface area contributed by atoms with Gasteiger partial charge < -0.3 is 19.1 Å². The van der Waals surface area contributed by atoms with E-state index < -0.39 is 0 Å². The van der Waals surface area contributed by atoms with Crippen LogP contribution >= 0.6 is 0 Å². The molecule has 2 aliphatic heterocycles. The van der Waals surface area contributed by atoms with Crippen molar-refractivity contribution < 1.29 is 19.0 Å². The third kappa shape index (κ3) is 5.25. The van der Waals surface area contributed by atoms with Gasteiger partial charge in [0.15, 0.2) is 5.78 Å². The van der Waals surface area contributed by atoms with Gasteiger partial charge in [0.1, 0.15) is 23.9 Å². The topological polar surface area (TPSA) is 51.2 Å². The Labute approximate surface area is 178 Å². The molecule has 6 heteroatoms. The highest BCUT2D eigenvalue weighted by Crippen LogP contribution is 2.28. The van der Waals surface area contributed by atoms with Gasteiger partial charge in [-0.1, -0.05) is 6.07 Å². The van der Waals surface area contributed by atoms with Crippen molar-refractivity contribution in [1.29, 1.82) is 0 Å². The molecule has 2 aliphatic rings. The first-order chi connectivity index (χ1) is 14.7. The van der Waals surface area contributed by atoms with Crippen molar-refractivity contribution >= 4 is 11.5 Å². The summed E-state index contributed by atoms with van der Waals surface area (Å²) in [5, 5.41) is 0. The van der Waals surface area contributed by atoms with Crippen LogP contribution in [0.5, 0.6) is 17.2 Å². The first-order valence-electron chi connectivity index (χ1n) is 10.7. The number of anilines is 1. The Morgan fingerprint density at radius 3 is 2.70 bits per heavy atom. The summed E-state index contributed by atoms with van der Waals surface area (Å²) in [5.41, 5.74) is 2.16. The quantitative estimate of drug-likeness (QED) is 0.623. The molecule has 0 spiro atoms. The Bertz CT molecular complexity index is 862. The van der Waals surface area contributed by atoms with E-state index >= 15 is 0 Å². The van der Waals surface area contributed by atoms with E-state index in [1.165, 1.54) is 5.69 Å². The van der Waals surface area contributed by atoms with Crippen LogP contribution in [0.3, 0.4) is 0 Å². The fourth-order valence-corrected chi connectivity index (χ4v) is 4.01. The summed E-state index contributed by atoms with van der Waals surface area (Å²) in [7, 11) is 1.71. The van der Waals surface area contributed by atoms with Crippen LogP contribution in [0.1, 0.15) is 18.4 Å². The lowest BCUT2D eigenvalue weighted by atomic mass is 10.1. The van der Waals surface area contributed by atoms with Crippen LogP contribution in [0, 0.1) is 0 Å².